The second-order valence-corrected chi connectivity index (χ2v) is 6.31. The Labute approximate surface area is 126 Å². The molecule has 0 bridgehead atoms. The standard InChI is InChI=1S/C17H25NO3/c1-17(2,14-8-10-18-11-9-14)21-16(20)15(12-19)13-6-4-3-5-7-13/h3-7,14-15,18-19H,8-12H2,1-2H3/p+1. The van der Waals surface area contributed by atoms with Crippen molar-refractivity contribution in [2.24, 2.45) is 5.92 Å². The maximum atomic E-state index is 12.4. The smallest absolute Gasteiger partial charge is 0.316 e. The molecule has 1 fully saturated rings. The van der Waals surface area contributed by atoms with Crippen LogP contribution in [0.3, 0.4) is 0 Å². The molecule has 2 rings (SSSR count). The summed E-state index contributed by atoms with van der Waals surface area (Å²) in [5.41, 5.74) is 0.325. The van der Waals surface area contributed by atoms with E-state index in [4.69, 9.17) is 4.74 Å². The Hall–Kier alpha value is -1.39. The summed E-state index contributed by atoms with van der Waals surface area (Å²) in [5, 5.41) is 11.9. The molecule has 1 aromatic rings. The Kier molecular flexibility index (Phi) is 5.37. The van der Waals surface area contributed by atoms with E-state index in [1.165, 1.54) is 0 Å². The minimum absolute atomic E-state index is 0.225. The molecule has 1 unspecified atom stereocenters. The van der Waals surface area contributed by atoms with Crippen molar-refractivity contribution >= 4 is 5.97 Å². The van der Waals surface area contributed by atoms with Gasteiger partial charge in [-0.25, -0.2) is 0 Å². The van der Waals surface area contributed by atoms with E-state index >= 15 is 0 Å². The van der Waals surface area contributed by atoms with Crippen molar-refractivity contribution in [1.29, 1.82) is 0 Å². The van der Waals surface area contributed by atoms with Crippen LogP contribution in [-0.2, 0) is 9.53 Å². The summed E-state index contributed by atoms with van der Waals surface area (Å²) < 4.78 is 5.77. The van der Waals surface area contributed by atoms with Crippen LogP contribution < -0.4 is 5.32 Å². The number of hydrogen-bond acceptors (Lipinski definition) is 3. The fourth-order valence-electron chi connectivity index (χ4n) is 3.04. The summed E-state index contributed by atoms with van der Waals surface area (Å²) in [6, 6.07) is 9.34. The lowest BCUT2D eigenvalue weighted by molar-refractivity contribution is -0.665. The zero-order valence-electron chi connectivity index (χ0n) is 12.9. The third-order valence-corrected chi connectivity index (χ3v) is 4.45. The highest BCUT2D eigenvalue weighted by molar-refractivity contribution is 5.78. The van der Waals surface area contributed by atoms with Crippen LogP contribution in [0.4, 0.5) is 0 Å². The van der Waals surface area contributed by atoms with Gasteiger partial charge in [0, 0.05) is 18.8 Å². The lowest BCUT2D eigenvalue weighted by Crippen LogP contribution is -2.86. The molecule has 1 aromatic carbocycles. The largest absolute Gasteiger partial charge is 0.459 e. The molecular weight excluding hydrogens is 266 g/mol. The van der Waals surface area contributed by atoms with Crippen LogP contribution in [0.15, 0.2) is 30.3 Å². The Morgan fingerprint density at radius 2 is 1.95 bits per heavy atom. The van der Waals surface area contributed by atoms with Crippen LogP contribution in [0.25, 0.3) is 0 Å². The third kappa shape index (κ3) is 4.05. The number of esters is 1. The number of aliphatic hydroxyl groups excluding tert-OH is 1. The maximum absolute atomic E-state index is 12.4. The molecule has 1 heterocycles. The first-order valence-corrected chi connectivity index (χ1v) is 7.75. The number of nitrogens with two attached hydrogens (primary N) is 1. The van der Waals surface area contributed by atoms with Gasteiger partial charge >= 0.3 is 5.97 Å². The molecule has 0 aromatic heterocycles. The molecule has 0 amide bonds. The molecule has 0 radical (unpaired) electrons. The van der Waals surface area contributed by atoms with Crippen molar-refractivity contribution in [3.63, 3.8) is 0 Å². The highest BCUT2D eigenvalue weighted by Crippen LogP contribution is 2.30. The summed E-state index contributed by atoms with van der Waals surface area (Å²) >= 11 is 0. The number of carbonyl (C=O) groups excluding carboxylic acids is 1. The van der Waals surface area contributed by atoms with Crippen molar-refractivity contribution < 1.29 is 20.0 Å². The molecule has 21 heavy (non-hydrogen) atoms. The molecular formula is C17H26NO3+. The first kappa shape index (κ1) is 16.0. The molecule has 1 aliphatic rings. The highest BCUT2D eigenvalue weighted by atomic mass is 16.6. The van der Waals surface area contributed by atoms with Gasteiger partial charge < -0.3 is 15.2 Å². The zero-order chi connectivity index (χ0) is 15.3. The molecule has 0 saturated carbocycles. The molecule has 1 saturated heterocycles. The SMILES string of the molecule is CC(C)(OC(=O)C(CO)c1ccccc1)C1CC[NH2+]CC1. The van der Waals surface area contributed by atoms with Crippen molar-refractivity contribution in [1.82, 2.24) is 0 Å². The Bertz CT molecular complexity index is 452. The van der Waals surface area contributed by atoms with Crippen molar-refractivity contribution in [3.05, 3.63) is 35.9 Å². The van der Waals surface area contributed by atoms with Gasteiger partial charge in [-0.3, -0.25) is 4.79 Å². The molecule has 116 valence electrons. The third-order valence-electron chi connectivity index (χ3n) is 4.45. The predicted octanol–water partition coefficient (Wildman–Crippen LogP) is 1.06. The van der Waals surface area contributed by atoms with Crippen molar-refractivity contribution in [2.75, 3.05) is 19.7 Å². The van der Waals surface area contributed by atoms with Crippen LogP contribution in [0.5, 0.6) is 0 Å². The first-order chi connectivity index (χ1) is 10.0. The summed E-state index contributed by atoms with van der Waals surface area (Å²) in [7, 11) is 0. The molecule has 4 nitrogen and oxygen atoms in total. The van der Waals surface area contributed by atoms with E-state index in [0.717, 1.165) is 31.5 Å². The van der Waals surface area contributed by atoms with Gasteiger partial charge in [0.05, 0.1) is 19.7 Å². The van der Waals surface area contributed by atoms with E-state index in [1.807, 2.05) is 44.2 Å². The average Bonchev–Trinajstić information content (AvgIpc) is 2.49. The topological polar surface area (TPSA) is 63.1 Å². The molecule has 0 spiro atoms. The molecule has 3 N–H and O–H groups in total. The number of piperidine rings is 1. The van der Waals surface area contributed by atoms with Crippen molar-refractivity contribution in [2.45, 2.75) is 38.2 Å². The first-order valence-electron chi connectivity index (χ1n) is 7.75. The minimum Gasteiger partial charge on any atom is -0.459 e. The number of quaternary nitrogens is 1. The summed E-state index contributed by atoms with van der Waals surface area (Å²) in [4.78, 5) is 12.4. The van der Waals surface area contributed by atoms with Gasteiger partial charge in [-0.15, -0.1) is 0 Å². The van der Waals surface area contributed by atoms with Crippen LogP contribution >= 0.6 is 0 Å². The molecule has 1 aliphatic heterocycles. The number of carbonyl (C=O) groups is 1. The fourth-order valence-corrected chi connectivity index (χ4v) is 3.04. The maximum Gasteiger partial charge on any atom is 0.316 e. The Morgan fingerprint density at radius 3 is 2.52 bits per heavy atom. The van der Waals surface area contributed by atoms with Crippen LogP contribution in [0.2, 0.25) is 0 Å². The van der Waals surface area contributed by atoms with Gasteiger partial charge in [-0.05, 0) is 19.4 Å². The van der Waals surface area contributed by atoms with E-state index < -0.39 is 11.5 Å². The van der Waals surface area contributed by atoms with Gasteiger partial charge in [-0.1, -0.05) is 30.3 Å². The normalized spacial score (nSPS) is 18.2. The van der Waals surface area contributed by atoms with E-state index in [0.29, 0.717) is 5.92 Å². The summed E-state index contributed by atoms with van der Waals surface area (Å²) in [5.74, 6) is -0.537. The molecule has 4 heteroatoms. The van der Waals surface area contributed by atoms with Crippen molar-refractivity contribution in [3.8, 4) is 0 Å². The van der Waals surface area contributed by atoms with E-state index in [1.54, 1.807) is 0 Å². The fraction of sp³-hybridized carbons (Fsp3) is 0.588. The monoisotopic (exact) mass is 292 g/mol. The summed E-state index contributed by atoms with van der Waals surface area (Å²) in [6.45, 7) is 5.93. The van der Waals surface area contributed by atoms with Gasteiger partial charge in [0.1, 0.15) is 11.5 Å². The molecule has 0 aliphatic carbocycles. The highest BCUT2D eigenvalue weighted by Gasteiger charge is 2.37. The van der Waals surface area contributed by atoms with E-state index in [-0.39, 0.29) is 12.6 Å². The zero-order valence-corrected chi connectivity index (χ0v) is 12.9. The van der Waals surface area contributed by atoms with Gasteiger partial charge in [0.2, 0.25) is 0 Å². The van der Waals surface area contributed by atoms with Gasteiger partial charge in [0.25, 0.3) is 0 Å². The average molecular weight is 292 g/mol. The number of hydrogen-bond donors (Lipinski definition) is 2. The second-order valence-electron chi connectivity index (χ2n) is 6.31. The van der Waals surface area contributed by atoms with Gasteiger partial charge in [0.15, 0.2) is 0 Å². The van der Waals surface area contributed by atoms with Crippen LogP contribution in [0.1, 0.15) is 38.2 Å². The number of aliphatic hydroxyl groups is 1. The summed E-state index contributed by atoms with van der Waals surface area (Å²) in [6.07, 6.45) is 2.13. The second kappa shape index (κ2) is 7.05. The lowest BCUT2D eigenvalue weighted by atomic mass is 9.83. The Balaban J connectivity index is 2.04. The Morgan fingerprint density at radius 1 is 1.33 bits per heavy atom. The number of ether oxygens (including phenoxy) is 1. The lowest BCUT2D eigenvalue weighted by Gasteiger charge is -2.36. The quantitative estimate of drug-likeness (QED) is 0.798. The van der Waals surface area contributed by atoms with Gasteiger partial charge in [-0.2, -0.15) is 0 Å². The predicted molar refractivity (Wildman–Crippen MR) is 80.8 cm³/mol. The van der Waals surface area contributed by atoms with E-state index in [2.05, 4.69) is 5.32 Å². The number of benzene rings is 1. The van der Waals surface area contributed by atoms with E-state index in [9.17, 15) is 9.90 Å². The molecule has 1 atom stereocenters. The van der Waals surface area contributed by atoms with Crippen LogP contribution in [-0.4, -0.2) is 36.4 Å². The minimum atomic E-state index is -0.597. The van der Waals surface area contributed by atoms with Crippen LogP contribution in [0, 0.1) is 5.92 Å². The number of rotatable bonds is 5.